The third-order valence-corrected chi connectivity index (χ3v) is 4.26. The molecule has 5 nitrogen and oxygen atoms in total. The van der Waals surface area contributed by atoms with Gasteiger partial charge in [-0.1, -0.05) is 12.1 Å². The number of likely N-dealkylation sites (tertiary alicyclic amines) is 1. The van der Waals surface area contributed by atoms with Gasteiger partial charge in [0.1, 0.15) is 0 Å². The Bertz CT molecular complexity index is 516. The summed E-state index contributed by atoms with van der Waals surface area (Å²) in [6.45, 7) is 4.15. The molecule has 2 rings (SSSR count). The summed E-state index contributed by atoms with van der Waals surface area (Å²) in [6, 6.07) is 7.34. The number of carbonyl (C=O) groups excluding carboxylic acids is 1. The largest absolute Gasteiger partial charge is 0.481 e. The summed E-state index contributed by atoms with van der Waals surface area (Å²) in [5.41, 5.74) is 1.06. The summed E-state index contributed by atoms with van der Waals surface area (Å²) < 4.78 is 4.67. The van der Waals surface area contributed by atoms with Crippen molar-refractivity contribution in [2.75, 3.05) is 20.2 Å². The number of hydrogen-bond acceptors (Lipinski definition) is 4. The molecule has 0 atom stereocenters. The van der Waals surface area contributed by atoms with Gasteiger partial charge in [0.2, 0.25) is 0 Å². The van der Waals surface area contributed by atoms with Gasteiger partial charge >= 0.3 is 11.9 Å². The molecule has 0 radical (unpaired) electrons. The van der Waals surface area contributed by atoms with Crippen LogP contribution in [0.25, 0.3) is 0 Å². The van der Waals surface area contributed by atoms with E-state index in [4.69, 9.17) is 0 Å². The first kappa shape index (κ1) is 15.5. The summed E-state index contributed by atoms with van der Waals surface area (Å²) >= 11 is 0. The summed E-state index contributed by atoms with van der Waals surface area (Å²) in [6.07, 6.45) is 1.34. The number of rotatable bonds is 4. The van der Waals surface area contributed by atoms with Gasteiger partial charge < -0.3 is 9.84 Å². The normalized spacial score (nSPS) is 18.2. The molecule has 0 spiro atoms. The number of nitrogens with zero attached hydrogens (tertiary/aromatic N) is 1. The molecule has 5 heteroatoms. The van der Waals surface area contributed by atoms with Crippen molar-refractivity contribution in [1.82, 2.24) is 4.90 Å². The third-order valence-electron chi connectivity index (χ3n) is 4.26. The van der Waals surface area contributed by atoms with Crippen LogP contribution < -0.4 is 0 Å². The Balaban J connectivity index is 1.92. The predicted molar refractivity (Wildman–Crippen MR) is 78.0 cm³/mol. The molecule has 1 aromatic rings. The van der Waals surface area contributed by atoms with Gasteiger partial charge in [-0.2, -0.15) is 0 Å². The zero-order valence-electron chi connectivity index (χ0n) is 12.5. The monoisotopic (exact) mass is 291 g/mol. The summed E-state index contributed by atoms with van der Waals surface area (Å²) in [5.74, 6) is -1.04. The highest BCUT2D eigenvalue weighted by molar-refractivity contribution is 5.89. The minimum Gasteiger partial charge on any atom is -0.481 e. The Kier molecular flexibility index (Phi) is 4.63. The van der Waals surface area contributed by atoms with Crippen LogP contribution in [0, 0.1) is 5.41 Å². The van der Waals surface area contributed by atoms with Gasteiger partial charge in [0.25, 0.3) is 0 Å². The van der Waals surface area contributed by atoms with Crippen LogP contribution in [-0.4, -0.2) is 42.1 Å². The lowest BCUT2D eigenvalue weighted by Gasteiger charge is -2.36. The molecule has 0 aromatic heterocycles. The number of ether oxygens (including phenoxy) is 1. The van der Waals surface area contributed by atoms with Crippen LogP contribution in [0.2, 0.25) is 0 Å². The van der Waals surface area contributed by atoms with Crippen LogP contribution in [0.3, 0.4) is 0 Å². The highest BCUT2D eigenvalue weighted by atomic mass is 16.5. The van der Waals surface area contributed by atoms with Gasteiger partial charge in [-0.3, -0.25) is 9.69 Å². The van der Waals surface area contributed by atoms with E-state index in [0.29, 0.717) is 18.4 Å². The molecule has 0 bridgehead atoms. The number of benzene rings is 1. The zero-order chi connectivity index (χ0) is 15.5. The second kappa shape index (κ2) is 6.26. The minimum absolute atomic E-state index is 0.336. The first-order valence-corrected chi connectivity index (χ1v) is 7.07. The van der Waals surface area contributed by atoms with E-state index in [2.05, 4.69) is 9.64 Å². The molecule has 1 heterocycles. The summed E-state index contributed by atoms with van der Waals surface area (Å²) in [4.78, 5) is 24.8. The fourth-order valence-corrected chi connectivity index (χ4v) is 2.54. The van der Waals surface area contributed by atoms with Gasteiger partial charge in [-0.25, -0.2) is 4.79 Å². The van der Waals surface area contributed by atoms with E-state index < -0.39 is 11.4 Å². The molecule has 114 valence electrons. The maximum absolute atomic E-state index is 11.4. The van der Waals surface area contributed by atoms with Crippen LogP contribution in [0.5, 0.6) is 0 Å². The molecule has 1 N–H and O–H groups in total. The van der Waals surface area contributed by atoms with Crippen molar-refractivity contribution in [2.24, 2.45) is 5.41 Å². The van der Waals surface area contributed by atoms with Gasteiger partial charge in [0.05, 0.1) is 18.1 Å². The van der Waals surface area contributed by atoms with Gasteiger partial charge in [-0.15, -0.1) is 0 Å². The Morgan fingerprint density at radius 2 is 1.81 bits per heavy atom. The van der Waals surface area contributed by atoms with Crippen LogP contribution in [0.4, 0.5) is 0 Å². The molecule has 0 amide bonds. The highest BCUT2D eigenvalue weighted by Crippen LogP contribution is 2.31. The summed E-state index contributed by atoms with van der Waals surface area (Å²) in [7, 11) is 1.36. The van der Waals surface area contributed by atoms with Crippen molar-refractivity contribution in [2.45, 2.75) is 26.3 Å². The topological polar surface area (TPSA) is 66.8 Å². The standard InChI is InChI=1S/C16H21NO4/c1-16(15(19)20)7-9-17(10-8-16)11-12-3-5-13(6-4-12)14(18)21-2/h3-6H,7-11H2,1-2H3,(H,19,20). The predicted octanol–water partition coefficient (Wildman–Crippen LogP) is 2.16. The first-order chi connectivity index (χ1) is 9.94. The molecular weight excluding hydrogens is 270 g/mol. The van der Waals surface area contributed by atoms with Crippen LogP contribution in [0.15, 0.2) is 24.3 Å². The number of esters is 1. The average molecular weight is 291 g/mol. The van der Waals surface area contributed by atoms with E-state index in [0.717, 1.165) is 25.2 Å². The second-order valence-electron chi connectivity index (χ2n) is 5.83. The van der Waals surface area contributed by atoms with Gasteiger partial charge in [0.15, 0.2) is 0 Å². The van der Waals surface area contributed by atoms with E-state index in [1.54, 1.807) is 12.1 Å². The quantitative estimate of drug-likeness (QED) is 0.861. The number of methoxy groups -OCH3 is 1. The minimum atomic E-state index is -0.704. The molecule has 0 saturated carbocycles. The van der Waals surface area contributed by atoms with E-state index in [9.17, 15) is 14.7 Å². The van der Waals surface area contributed by atoms with Crippen molar-refractivity contribution in [3.05, 3.63) is 35.4 Å². The Hall–Kier alpha value is -1.88. The molecule has 0 aliphatic carbocycles. The van der Waals surface area contributed by atoms with Crippen molar-refractivity contribution in [1.29, 1.82) is 0 Å². The molecular formula is C16H21NO4. The highest BCUT2D eigenvalue weighted by Gasteiger charge is 2.36. The SMILES string of the molecule is COC(=O)c1ccc(CN2CCC(C)(C(=O)O)CC2)cc1. The van der Waals surface area contributed by atoms with Gasteiger partial charge in [-0.05, 0) is 50.6 Å². The zero-order valence-corrected chi connectivity index (χ0v) is 12.5. The third kappa shape index (κ3) is 3.61. The average Bonchev–Trinajstić information content (AvgIpc) is 2.49. The lowest BCUT2D eigenvalue weighted by atomic mass is 9.80. The van der Waals surface area contributed by atoms with Crippen LogP contribution in [0.1, 0.15) is 35.7 Å². The lowest BCUT2D eigenvalue weighted by molar-refractivity contribution is -0.150. The molecule has 1 aliphatic heterocycles. The Labute approximate surface area is 124 Å². The maximum atomic E-state index is 11.4. The van der Waals surface area contributed by atoms with E-state index in [-0.39, 0.29) is 5.97 Å². The van der Waals surface area contributed by atoms with Crippen molar-refractivity contribution >= 4 is 11.9 Å². The Morgan fingerprint density at radius 1 is 1.24 bits per heavy atom. The van der Waals surface area contributed by atoms with E-state index >= 15 is 0 Å². The van der Waals surface area contributed by atoms with E-state index in [1.807, 2.05) is 19.1 Å². The van der Waals surface area contributed by atoms with Crippen molar-refractivity contribution in [3.63, 3.8) is 0 Å². The van der Waals surface area contributed by atoms with Crippen LogP contribution in [-0.2, 0) is 16.1 Å². The van der Waals surface area contributed by atoms with Crippen molar-refractivity contribution in [3.8, 4) is 0 Å². The number of piperidine rings is 1. The van der Waals surface area contributed by atoms with E-state index in [1.165, 1.54) is 7.11 Å². The number of carboxylic acids is 1. The molecule has 1 fully saturated rings. The fraction of sp³-hybridized carbons (Fsp3) is 0.500. The smallest absolute Gasteiger partial charge is 0.337 e. The molecule has 1 aromatic carbocycles. The molecule has 1 aliphatic rings. The van der Waals surface area contributed by atoms with Crippen LogP contribution >= 0.6 is 0 Å². The molecule has 0 unspecified atom stereocenters. The number of carboxylic acid groups (broad SMARTS) is 1. The summed E-state index contributed by atoms with van der Waals surface area (Å²) in [5, 5.41) is 9.22. The van der Waals surface area contributed by atoms with Crippen molar-refractivity contribution < 1.29 is 19.4 Å². The molecule has 21 heavy (non-hydrogen) atoms. The number of hydrogen-bond donors (Lipinski definition) is 1. The number of carbonyl (C=O) groups is 2. The first-order valence-electron chi connectivity index (χ1n) is 7.07. The fourth-order valence-electron chi connectivity index (χ4n) is 2.54. The lowest BCUT2D eigenvalue weighted by Crippen LogP contribution is -2.42. The second-order valence-corrected chi connectivity index (χ2v) is 5.83. The maximum Gasteiger partial charge on any atom is 0.337 e. The molecule has 1 saturated heterocycles. The van der Waals surface area contributed by atoms with Gasteiger partial charge in [0, 0.05) is 6.54 Å². The Morgan fingerprint density at radius 3 is 2.29 bits per heavy atom. The number of aliphatic carboxylic acids is 1.